The summed E-state index contributed by atoms with van der Waals surface area (Å²) in [6.07, 6.45) is 3.47. The highest BCUT2D eigenvalue weighted by molar-refractivity contribution is 7.80. The van der Waals surface area contributed by atoms with Gasteiger partial charge in [-0.1, -0.05) is 24.3 Å². The minimum Gasteiger partial charge on any atom is -0.495 e. The second-order valence-electron chi connectivity index (χ2n) is 5.34. The van der Waals surface area contributed by atoms with Gasteiger partial charge in [-0.05, 0) is 42.0 Å². The Morgan fingerprint density at radius 1 is 1.20 bits per heavy atom. The number of para-hydroxylation sites is 2. The van der Waals surface area contributed by atoms with Gasteiger partial charge in [0.15, 0.2) is 5.11 Å². The number of hydrogen-bond acceptors (Lipinski definition) is 3. The highest BCUT2D eigenvalue weighted by Crippen LogP contribution is 2.23. The Morgan fingerprint density at radius 3 is 2.84 bits per heavy atom. The van der Waals surface area contributed by atoms with E-state index in [1.807, 2.05) is 30.3 Å². The van der Waals surface area contributed by atoms with E-state index in [2.05, 4.69) is 15.7 Å². The number of hydrogen-bond donors (Lipinski definition) is 2. The summed E-state index contributed by atoms with van der Waals surface area (Å²) < 4.78 is 20.2. The molecule has 0 aliphatic carbocycles. The van der Waals surface area contributed by atoms with Crippen molar-refractivity contribution in [1.82, 2.24) is 9.78 Å². The fourth-order valence-electron chi connectivity index (χ4n) is 2.37. The maximum atomic E-state index is 13.2. The van der Waals surface area contributed by atoms with Gasteiger partial charge < -0.3 is 15.4 Å². The molecule has 0 amide bonds. The normalized spacial score (nSPS) is 10.3. The predicted molar refractivity (Wildman–Crippen MR) is 101 cm³/mol. The quantitative estimate of drug-likeness (QED) is 0.680. The molecule has 3 rings (SSSR count). The van der Waals surface area contributed by atoms with E-state index in [0.29, 0.717) is 17.4 Å². The Morgan fingerprint density at radius 2 is 2.04 bits per heavy atom. The number of benzene rings is 2. The number of ether oxygens (including phenoxy) is 1. The third-order valence-corrected chi connectivity index (χ3v) is 3.68. The number of methoxy groups -OCH3 is 1. The second-order valence-corrected chi connectivity index (χ2v) is 5.74. The molecule has 0 atom stereocenters. The maximum Gasteiger partial charge on any atom is 0.175 e. The minimum absolute atomic E-state index is 0.259. The second kappa shape index (κ2) is 7.76. The molecule has 0 aliphatic rings. The van der Waals surface area contributed by atoms with Crippen LogP contribution in [-0.2, 0) is 6.54 Å². The van der Waals surface area contributed by atoms with Crippen molar-refractivity contribution in [2.24, 2.45) is 0 Å². The minimum atomic E-state index is -0.259. The lowest BCUT2D eigenvalue weighted by Gasteiger charge is -2.12. The van der Waals surface area contributed by atoms with Crippen molar-refractivity contribution in [2.45, 2.75) is 6.54 Å². The van der Waals surface area contributed by atoms with Gasteiger partial charge in [-0.25, -0.2) is 4.39 Å². The van der Waals surface area contributed by atoms with Crippen LogP contribution in [0.5, 0.6) is 5.75 Å². The fourth-order valence-corrected chi connectivity index (χ4v) is 2.60. The molecule has 7 heteroatoms. The summed E-state index contributed by atoms with van der Waals surface area (Å²) in [4.78, 5) is 0. The van der Waals surface area contributed by atoms with Crippen LogP contribution in [0.15, 0.2) is 60.9 Å². The van der Waals surface area contributed by atoms with E-state index >= 15 is 0 Å². The molecule has 2 aromatic carbocycles. The molecule has 0 saturated heterocycles. The first kappa shape index (κ1) is 16.9. The number of thiocarbonyl (C=S) groups is 1. The average Bonchev–Trinajstić information content (AvgIpc) is 3.02. The summed E-state index contributed by atoms with van der Waals surface area (Å²) in [6, 6.07) is 13.9. The Hall–Kier alpha value is -2.93. The number of aromatic nitrogens is 2. The van der Waals surface area contributed by atoms with Crippen LogP contribution >= 0.6 is 12.2 Å². The van der Waals surface area contributed by atoms with Crippen molar-refractivity contribution in [3.63, 3.8) is 0 Å². The first-order valence-corrected chi connectivity index (χ1v) is 8.03. The Kier molecular flexibility index (Phi) is 5.25. The van der Waals surface area contributed by atoms with Crippen molar-refractivity contribution >= 4 is 28.7 Å². The van der Waals surface area contributed by atoms with Gasteiger partial charge in [0, 0.05) is 6.20 Å². The van der Waals surface area contributed by atoms with Gasteiger partial charge in [0.1, 0.15) is 11.6 Å². The molecule has 0 saturated carbocycles. The summed E-state index contributed by atoms with van der Waals surface area (Å²) >= 11 is 5.32. The monoisotopic (exact) mass is 356 g/mol. The molecule has 1 aromatic heterocycles. The summed E-state index contributed by atoms with van der Waals surface area (Å²) in [7, 11) is 1.60. The lowest BCUT2D eigenvalue weighted by Crippen LogP contribution is -2.19. The van der Waals surface area contributed by atoms with Gasteiger partial charge in [0.25, 0.3) is 0 Å². The van der Waals surface area contributed by atoms with Crippen molar-refractivity contribution < 1.29 is 9.13 Å². The van der Waals surface area contributed by atoms with Crippen LogP contribution in [-0.4, -0.2) is 22.0 Å². The lowest BCUT2D eigenvalue weighted by molar-refractivity contribution is 0.417. The SMILES string of the molecule is COc1ccccc1NC(=S)Nc1cnn(Cc2cccc(F)c2)c1. The first-order chi connectivity index (χ1) is 12.1. The van der Waals surface area contributed by atoms with Crippen LogP contribution in [0.3, 0.4) is 0 Å². The smallest absolute Gasteiger partial charge is 0.175 e. The fraction of sp³-hybridized carbons (Fsp3) is 0.111. The molecule has 0 aliphatic heterocycles. The summed E-state index contributed by atoms with van der Waals surface area (Å²) in [6.45, 7) is 0.478. The molecular weight excluding hydrogens is 339 g/mol. The molecule has 0 fully saturated rings. The molecule has 0 bridgehead atoms. The number of nitrogens with zero attached hydrogens (tertiary/aromatic N) is 2. The zero-order chi connectivity index (χ0) is 17.6. The van der Waals surface area contributed by atoms with Crippen LogP contribution in [0.25, 0.3) is 0 Å². The van der Waals surface area contributed by atoms with E-state index in [-0.39, 0.29) is 5.82 Å². The molecule has 128 valence electrons. The van der Waals surface area contributed by atoms with Crippen LogP contribution in [0.1, 0.15) is 5.56 Å². The summed E-state index contributed by atoms with van der Waals surface area (Å²) in [5, 5.41) is 10.8. The maximum absolute atomic E-state index is 13.2. The molecule has 0 spiro atoms. The van der Waals surface area contributed by atoms with Crippen LogP contribution in [0.2, 0.25) is 0 Å². The van der Waals surface area contributed by atoms with Crippen molar-refractivity contribution in [3.05, 3.63) is 72.3 Å². The third kappa shape index (κ3) is 4.54. The largest absolute Gasteiger partial charge is 0.495 e. The standard InChI is InChI=1S/C18H17FN4OS/c1-24-17-8-3-2-7-16(17)22-18(25)21-15-10-20-23(12-15)11-13-5-4-6-14(19)9-13/h2-10,12H,11H2,1H3,(H2,21,22,25). The Balaban J connectivity index is 1.62. The van der Waals surface area contributed by atoms with Crippen molar-refractivity contribution in [3.8, 4) is 5.75 Å². The first-order valence-electron chi connectivity index (χ1n) is 7.62. The Bertz CT molecular complexity index is 881. The van der Waals surface area contributed by atoms with Crippen LogP contribution in [0, 0.1) is 5.82 Å². The topological polar surface area (TPSA) is 51.1 Å². The van der Waals surface area contributed by atoms with E-state index in [1.165, 1.54) is 12.1 Å². The predicted octanol–water partition coefficient (Wildman–Crippen LogP) is 3.89. The highest BCUT2D eigenvalue weighted by Gasteiger charge is 2.06. The van der Waals surface area contributed by atoms with Crippen LogP contribution < -0.4 is 15.4 Å². The molecule has 25 heavy (non-hydrogen) atoms. The molecule has 0 radical (unpaired) electrons. The van der Waals surface area contributed by atoms with Gasteiger partial charge in [0.2, 0.25) is 0 Å². The number of halogens is 1. The van der Waals surface area contributed by atoms with Crippen molar-refractivity contribution in [1.29, 1.82) is 0 Å². The average molecular weight is 356 g/mol. The zero-order valence-corrected chi connectivity index (χ0v) is 14.4. The van der Waals surface area contributed by atoms with Crippen molar-refractivity contribution in [2.75, 3.05) is 17.7 Å². The van der Waals surface area contributed by atoms with Gasteiger partial charge in [-0.15, -0.1) is 0 Å². The van der Waals surface area contributed by atoms with Gasteiger partial charge in [0.05, 0.1) is 31.2 Å². The van der Waals surface area contributed by atoms with Gasteiger partial charge in [-0.3, -0.25) is 4.68 Å². The van der Waals surface area contributed by atoms with E-state index in [9.17, 15) is 4.39 Å². The molecule has 3 aromatic rings. The highest BCUT2D eigenvalue weighted by atomic mass is 32.1. The van der Waals surface area contributed by atoms with Crippen LogP contribution in [0.4, 0.5) is 15.8 Å². The van der Waals surface area contributed by atoms with Gasteiger partial charge in [-0.2, -0.15) is 5.10 Å². The molecule has 2 N–H and O–H groups in total. The number of anilines is 2. The molecule has 0 unspecified atom stereocenters. The number of nitrogens with one attached hydrogen (secondary N) is 2. The summed E-state index contributed by atoms with van der Waals surface area (Å²) in [5.41, 5.74) is 2.35. The van der Waals surface area contributed by atoms with E-state index in [1.54, 1.807) is 30.3 Å². The zero-order valence-electron chi connectivity index (χ0n) is 13.6. The van der Waals surface area contributed by atoms with E-state index in [4.69, 9.17) is 17.0 Å². The van der Waals surface area contributed by atoms with E-state index < -0.39 is 0 Å². The van der Waals surface area contributed by atoms with E-state index in [0.717, 1.165) is 16.9 Å². The Labute approximate surface area is 150 Å². The van der Waals surface area contributed by atoms with Gasteiger partial charge >= 0.3 is 0 Å². The number of rotatable bonds is 5. The third-order valence-electron chi connectivity index (χ3n) is 3.48. The molecule has 1 heterocycles. The molecular formula is C18H17FN4OS. The lowest BCUT2D eigenvalue weighted by atomic mass is 10.2. The summed E-state index contributed by atoms with van der Waals surface area (Å²) in [5.74, 6) is 0.443. The molecule has 5 nitrogen and oxygen atoms in total.